The van der Waals surface area contributed by atoms with Crippen LogP contribution in [-0.2, 0) is 6.42 Å². The number of fused-ring (bicyclic) bond motifs is 3. The van der Waals surface area contributed by atoms with Gasteiger partial charge in [-0.25, -0.2) is 9.97 Å². The molecular formula is C13H11Cl2N3. The van der Waals surface area contributed by atoms with Gasteiger partial charge in [-0.2, -0.15) is 0 Å². The third-order valence-electron chi connectivity index (χ3n) is 3.03. The zero-order valence-corrected chi connectivity index (χ0v) is 11.3. The molecule has 0 aliphatic heterocycles. The van der Waals surface area contributed by atoms with Crippen molar-refractivity contribution < 1.29 is 0 Å². The fourth-order valence-corrected chi connectivity index (χ4v) is 2.70. The molecule has 0 fully saturated rings. The Hall–Kier alpha value is -1.32. The van der Waals surface area contributed by atoms with Gasteiger partial charge in [-0.05, 0) is 31.0 Å². The largest absolute Gasteiger partial charge is 0.284 e. The fourth-order valence-electron chi connectivity index (χ4n) is 2.15. The number of hydrogen-bond donors (Lipinski definition) is 0. The standard InChI is InChI=1S/C13H11Cl2N3/c1-8-9(5-6-14)11(15)12-13(16-8)18-7-3-2-4-10(18)17-12/h2-4,7H,5-6H2,1H3. The van der Waals surface area contributed by atoms with Crippen LogP contribution in [-0.4, -0.2) is 20.2 Å². The van der Waals surface area contributed by atoms with E-state index in [9.17, 15) is 0 Å². The molecule has 0 bridgehead atoms. The summed E-state index contributed by atoms with van der Waals surface area (Å²) in [5.41, 5.74) is 4.30. The van der Waals surface area contributed by atoms with Crippen LogP contribution in [0.5, 0.6) is 0 Å². The Bertz CT molecular complexity index is 734. The highest BCUT2D eigenvalue weighted by atomic mass is 35.5. The smallest absolute Gasteiger partial charge is 0.166 e. The third kappa shape index (κ3) is 1.66. The minimum atomic E-state index is 0.529. The summed E-state index contributed by atoms with van der Waals surface area (Å²) in [6.07, 6.45) is 2.65. The molecule has 0 aliphatic carbocycles. The summed E-state index contributed by atoms with van der Waals surface area (Å²) in [6.45, 7) is 1.95. The third-order valence-corrected chi connectivity index (χ3v) is 3.63. The van der Waals surface area contributed by atoms with Crippen molar-refractivity contribution >= 4 is 40.0 Å². The van der Waals surface area contributed by atoms with Gasteiger partial charge >= 0.3 is 0 Å². The minimum Gasteiger partial charge on any atom is -0.284 e. The first-order chi connectivity index (χ1) is 8.72. The molecular weight excluding hydrogens is 269 g/mol. The van der Waals surface area contributed by atoms with Gasteiger partial charge in [0.05, 0.1) is 5.02 Å². The van der Waals surface area contributed by atoms with Gasteiger partial charge in [0, 0.05) is 17.8 Å². The topological polar surface area (TPSA) is 30.2 Å². The van der Waals surface area contributed by atoms with Crippen molar-refractivity contribution in [2.45, 2.75) is 13.3 Å². The maximum Gasteiger partial charge on any atom is 0.166 e. The van der Waals surface area contributed by atoms with Crippen LogP contribution in [0.3, 0.4) is 0 Å². The Labute approximate surface area is 114 Å². The summed E-state index contributed by atoms with van der Waals surface area (Å²) in [7, 11) is 0. The Kier molecular flexibility index (Phi) is 2.88. The number of rotatable bonds is 2. The first-order valence-corrected chi connectivity index (χ1v) is 6.61. The van der Waals surface area contributed by atoms with Gasteiger partial charge in [0.25, 0.3) is 0 Å². The van der Waals surface area contributed by atoms with Crippen molar-refractivity contribution in [3.8, 4) is 0 Å². The van der Waals surface area contributed by atoms with E-state index in [0.717, 1.165) is 28.1 Å². The van der Waals surface area contributed by atoms with Crippen LogP contribution in [0.1, 0.15) is 11.3 Å². The molecule has 3 nitrogen and oxygen atoms in total. The predicted molar refractivity (Wildman–Crippen MR) is 74.7 cm³/mol. The van der Waals surface area contributed by atoms with E-state index in [2.05, 4.69) is 9.97 Å². The highest BCUT2D eigenvalue weighted by molar-refractivity contribution is 6.35. The predicted octanol–water partition coefficient (Wildman–Crippen LogP) is 3.63. The van der Waals surface area contributed by atoms with Crippen LogP contribution in [0.25, 0.3) is 16.8 Å². The van der Waals surface area contributed by atoms with Gasteiger partial charge in [0.1, 0.15) is 11.2 Å². The van der Waals surface area contributed by atoms with Gasteiger partial charge < -0.3 is 0 Å². The summed E-state index contributed by atoms with van der Waals surface area (Å²) in [5, 5.41) is 0.668. The SMILES string of the molecule is Cc1nc2c(nc3ccccn32)c(Cl)c1CCCl. The van der Waals surface area contributed by atoms with E-state index in [1.165, 1.54) is 0 Å². The van der Waals surface area contributed by atoms with E-state index >= 15 is 0 Å². The Morgan fingerprint density at radius 1 is 1.28 bits per heavy atom. The van der Waals surface area contributed by atoms with Crippen molar-refractivity contribution in [2.24, 2.45) is 0 Å². The van der Waals surface area contributed by atoms with Crippen molar-refractivity contribution in [2.75, 3.05) is 5.88 Å². The number of hydrogen-bond acceptors (Lipinski definition) is 2. The van der Waals surface area contributed by atoms with E-state index < -0.39 is 0 Å². The van der Waals surface area contributed by atoms with Crippen LogP contribution in [0, 0.1) is 6.92 Å². The molecule has 0 atom stereocenters. The molecule has 0 spiro atoms. The summed E-state index contributed by atoms with van der Waals surface area (Å²) in [6, 6.07) is 5.84. The van der Waals surface area contributed by atoms with Gasteiger partial charge in [0.15, 0.2) is 5.65 Å². The van der Waals surface area contributed by atoms with E-state index in [1.807, 2.05) is 35.7 Å². The maximum absolute atomic E-state index is 6.42. The van der Waals surface area contributed by atoms with Crippen molar-refractivity contribution in [1.82, 2.24) is 14.4 Å². The number of imidazole rings is 1. The lowest BCUT2D eigenvalue weighted by molar-refractivity contribution is 1.06. The summed E-state index contributed by atoms with van der Waals surface area (Å²) >= 11 is 12.2. The average Bonchev–Trinajstić information content (AvgIpc) is 2.74. The number of alkyl halides is 1. The molecule has 5 heteroatoms. The number of halogens is 2. The zero-order chi connectivity index (χ0) is 12.7. The molecule has 92 valence electrons. The van der Waals surface area contributed by atoms with Gasteiger partial charge in [-0.3, -0.25) is 4.40 Å². The fraction of sp³-hybridized carbons (Fsp3) is 0.231. The molecule has 3 heterocycles. The lowest BCUT2D eigenvalue weighted by Gasteiger charge is -2.06. The Morgan fingerprint density at radius 3 is 2.89 bits per heavy atom. The van der Waals surface area contributed by atoms with Crippen molar-refractivity contribution in [1.29, 1.82) is 0 Å². The monoisotopic (exact) mass is 279 g/mol. The highest BCUT2D eigenvalue weighted by Crippen LogP contribution is 2.28. The first kappa shape index (κ1) is 11.8. The van der Waals surface area contributed by atoms with E-state index in [0.29, 0.717) is 17.3 Å². The molecule has 0 N–H and O–H groups in total. The van der Waals surface area contributed by atoms with Crippen LogP contribution in [0.2, 0.25) is 5.02 Å². The molecule has 3 aromatic rings. The van der Waals surface area contributed by atoms with Gasteiger partial charge in [-0.1, -0.05) is 17.7 Å². The van der Waals surface area contributed by atoms with E-state index in [1.54, 1.807) is 0 Å². The van der Waals surface area contributed by atoms with Crippen LogP contribution < -0.4 is 0 Å². The van der Waals surface area contributed by atoms with E-state index in [-0.39, 0.29) is 0 Å². The van der Waals surface area contributed by atoms with Crippen LogP contribution >= 0.6 is 23.2 Å². The molecule has 0 unspecified atom stereocenters. The number of aromatic nitrogens is 3. The van der Waals surface area contributed by atoms with Crippen molar-refractivity contribution in [3.63, 3.8) is 0 Å². The van der Waals surface area contributed by atoms with Crippen LogP contribution in [0.4, 0.5) is 0 Å². The molecule has 0 saturated carbocycles. The quantitative estimate of drug-likeness (QED) is 0.671. The van der Waals surface area contributed by atoms with Gasteiger partial charge in [-0.15, -0.1) is 11.6 Å². The molecule has 3 aromatic heterocycles. The minimum absolute atomic E-state index is 0.529. The molecule has 0 saturated heterocycles. The molecule has 18 heavy (non-hydrogen) atoms. The zero-order valence-electron chi connectivity index (χ0n) is 9.82. The average molecular weight is 280 g/mol. The second-order valence-corrected chi connectivity index (χ2v) is 4.90. The maximum atomic E-state index is 6.42. The van der Waals surface area contributed by atoms with Crippen molar-refractivity contribution in [3.05, 3.63) is 40.7 Å². The summed E-state index contributed by atoms with van der Waals surface area (Å²) < 4.78 is 1.94. The lowest BCUT2D eigenvalue weighted by Crippen LogP contribution is -1.98. The molecule has 0 amide bonds. The number of aryl methyl sites for hydroxylation is 1. The molecule has 0 aliphatic rings. The second-order valence-electron chi connectivity index (χ2n) is 4.14. The molecule has 3 rings (SSSR count). The molecule has 0 aromatic carbocycles. The normalized spacial score (nSPS) is 11.5. The van der Waals surface area contributed by atoms with Gasteiger partial charge in [0.2, 0.25) is 0 Å². The first-order valence-electron chi connectivity index (χ1n) is 5.70. The Balaban J connectivity index is 2.42. The molecule has 0 radical (unpaired) electrons. The second kappa shape index (κ2) is 4.41. The number of nitrogens with zero attached hydrogens (tertiary/aromatic N) is 3. The Morgan fingerprint density at radius 2 is 2.11 bits per heavy atom. The highest BCUT2D eigenvalue weighted by Gasteiger charge is 2.15. The lowest BCUT2D eigenvalue weighted by atomic mass is 10.1. The summed E-state index contributed by atoms with van der Waals surface area (Å²) in [5.74, 6) is 0.529. The van der Waals surface area contributed by atoms with E-state index in [4.69, 9.17) is 23.2 Å². The summed E-state index contributed by atoms with van der Waals surface area (Å²) in [4.78, 5) is 9.12. The van der Waals surface area contributed by atoms with Crippen LogP contribution in [0.15, 0.2) is 24.4 Å². The number of pyridine rings is 2.